The average molecular weight is 178 g/mol. The van der Waals surface area contributed by atoms with Crippen molar-refractivity contribution in [2.45, 2.75) is 27.2 Å². The summed E-state index contributed by atoms with van der Waals surface area (Å²) in [4.78, 5) is 10.8. The van der Waals surface area contributed by atoms with Crippen LogP contribution >= 0.6 is 0 Å². The Morgan fingerprint density at radius 2 is 2.15 bits per heavy atom. The fourth-order valence-electron chi connectivity index (χ4n) is 1.92. The molecule has 1 nitrogen and oxygen atoms in total. The average Bonchev–Trinajstić information content (AvgIpc) is 2.03. The Hall–Kier alpha value is -0.850. The highest BCUT2D eigenvalue weighted by Gasteiger charge is 2.21. The lowest BCUT2D eigenvalue weighted by Gasteiger charge is -2.28. The molecule has 0 fully saturated rings. The summed E-state index contributed by atoms with van der Waals surface area (Å²) in [6.07, 6.45) is 9.40. The van der Waals surface area contributed by atoms with E-state index in [9.17, 15) is 4.79 Å². The minimum absolute atomic E-state index is 0.147. The third-order valence-corrected chi connectivity index (χ3v) is 2.76. The largest absolute Gasteiger partial charge is 0.295 e. The van der Waals surface area contributed by atoms with Gasteiger partial charge in [0, 0.05) is 0 Å². The smallest absolute Gasteiger partial charge is 0.152 e. The second-order valence-electron chi connectivity index (χ2n) is 4.05. The third kappa shape index (κ3) is 2.83. The van der Waals surface area contributed by atoms with Crippen molar-refractivity contribution >= 4 is 5.78 Å². The van der Waals surface area contributed by atoms with E-state index >= 15 is 0 Å². The van der Waals surface area contributed by atoms with E-state index in [2.05, 4.69) is 32.1 Å². The highest BCUT2D eigenvalue weighted by atomic mass is 16.1. The van der Waals surface area contributed by atoms with Crippen LogP contribution in [0.2, 0.25) is 0 Å². The van der Waals surface area contributed by atoms with Crippen molar-refractivity contribution in [3.05, 3.63) is 24.3 Å². The van der Waals surface area contributed by atoms with Gasteiger partial charge in [0.25, 0.3) is 0 Å². The van der Waals surface area contributed by atoms with E-state index in [0.717, 1.165) is 6.42 Å². The van der Waals surface area contributed by atoms with Crippen LogP contribution in [-0.4, -0.2) is 5.78 Å². The number of allylic oxidation sites excluding steroid dienone is 4. The molecule has 0 bridgehead atoms. The molecule has 0 spiro atoms. The Bertz CT molecular complexity index is 238. The van der Waals surface area contributed by atoms with E-state index in [1.807, 2.05) is 0 Å². The van der Waals surface area contributed by atoms with Crippen molar-refractivity contribution in [3.63, 3.8) is 0 Å². The molecular weight excluding hydrogens is 160 g/mol. The van der Waals surface area contributed by atoms with Crippen molar-refractivity contribution < 1.29 is 4.79 Å². The van der Waals surface area contributed by atoms with Crippen LogP contribution in [-0.2, 0) is 4.79 Å². The van der Waals surface area contributed by atoms with Gasteiger partial charge in [0.05, 0.1) is 0 Å². The highest BCUT2D eigenvalue weighted by molar-refractivity contribution is 5.87. The number of ketones is 1. The quantitative estimate of drug-likeness (QED) is 0.469. The molecule has 0 saturated heterocycles. The first kappa shape index (κ1) is 10.2. The molecular formula is C12H18O. The summed E-state index contributed by atoms with van der Waals surface area (Å²) in [6.45, 7) is 6.06. The molecule has 0 N–H and O–H groups in total. The zero-order valence-electron chi connectivity index (χ0n) is 8.66. The molecule has 1 rings (SSSR count). The minimum atomic E-state index is 0.147. The predicted octanol–water partition coefficient (Wildman–Crippen LogP) is 2.98. The van der Waals surface area contributed by atoms with E-state index in [0.29, 0.717) is 17.8 Å². The van der Waals surface area contributed by atoms with Gasteiger partial charge in [-0.25, -0.2) is 0 Å². The van der Waals surface area contributed by atoms with Crippen molar-refractivity contribution in [2.24, 2.45) is 17.8 Å². The lowest BCUT2D eigenvalue weighted by Crippen LogP contribution is -2.19. The van der Waals surface area contributed by atoms with Gasteiger partial charge in [-0.2, -0.15) is 0 Å². The third-order valence-electron chi connectivity index (χ3n) is 2.76. The summed E-state index contributed by atoms with van der Waals surface area (Å²) < 4.78 is 0. The Morgan fingerprint density at radius 1 is 1.46 bits per heavy atom. The molecule has 0 aromatic rings. The van der Waals surface area contributed by atoms with Gasteiger partial charge in [-0.1, -0.05) is 32.1 Å². The van der Waals surface area contributed by atoms with E-state index in [1.54, 1.807) is 13.0 Å². The number of hydrogen-bond acceptors (Lipinski definition) is 1. The summed E-state index contributed by atoms with van der Waals surface area (Å²) in [6, 6.07) is 0. The molecule has 0 saturated carbocycles. The summed E-state index contributed by atoms with van der Waals surface area (Å²) in [5.74, 6) is 1.91. The van der Waals surface area contributed by atoms with Crippen LogP contribution in [0.4, 0.5) is 0 Å². The summed E-state index contributed by atoms with van der Waals surface area (Å²) >= 11 is 0. The van der Waals surface area contributed by atoms with Crippen molar-refractivity contribution in [2.75, 3.05) is 0 Å². The van der Waals surface area contributed by atoms with Crippen molar-refractivity contribution in [1.29, 1.82) is 0 Å². The predicted molar refractivity (Wildman–Crippen MR) is 55.4 cm³/mol. The summed E-state index contributed by atoms with van der Waals surface area (Å²) in [5, 5.41) is 0. The Kier molecular flexibility index (Phi) is 3.47. The van der Waals surface area contributed by atoms with Gasteiger partial charge in [0.1, 0.15) is 0 Å². The minimum Gasteiger partial charge on any atom is -0.295 e. The van der Waals surface area contributed by atoms with E-state index < -0.39 is 0 Å². The molecule has 3 unspecified atom stereocenters. The number of rotatable bonds is 2. The van der Waals surface area contributed by atoms with Crippen LogP contribution in [0.15, 0.2) is 24.3 Å². The molecule has 0 aromatic heterocycles. The molecule has 0 aromatic carbocycles. The van der Waals surface area contributed by atoms with Gasteiger partial charge in [-0.15, -0.1) is 0 Å². The zero-order valence-corrected chi connectivity index (χ0v) is 8.66. The van der Waals surface area contributed by atoms with E-state index in [4.69, 9.17) is 0 Å². The number of carbonyl (C=O) groups excluding carboxylic acids is 1. The molecule has 3 atom stereocenters. The van der Waals surface area contributed by atoms with Crippen LogP contribution in [0.1, 0.15) is 27.2 Å². The molecule has 0 radical (unpaired) electrons. The van der Waals surface area contributed by atoms with Crippen LogP contribution in [0.3, 0.4) is 0 Å². The summed E-state index contributed by atoms with van der Waals surface area (Å²) in [5.41, 5.74) is 0. The maximum absolute atomic E-state index is 10.8. The highest BCUT2D eigenvalue weighted by Crippen LogP contribution is 2.30. The maximum Gasteiger partial charge on any atom is 0.152 e. The van der Waals surface area contributed by atoms with Gasteiger partial charge in [-0.05, 0) is 37.2 Å². The van der Waals surface area contributed by atoms with E-state index in [-0.39, 0.29) is 5.78 Å². The van der Waals surface area contributed by atoms with Gasteiger partial charge < -0.3 is 0 Å². The van der Waals surface area contributed by atoms with Crippen LogP contribution < -0.4 is 0 Å². The van der Waals surface area contributed by atoms with Crippen molar-refractivity contribution in [3.8, 4) is 0 Å². The SMILES string of the molecule is CC(=O)/C=C/C1C(C)C=CCC1C. The Balaban J connectivity index is 2.66. The molecule has 13 heavy (non-hydrogen) atoms. The topological polar surface area (TPSA) is 17.1 Å². The number of hydrogen-bond donors (Lipinski definition) is 0. The molecule has 0 aliphatic heterocycles. The molecule has 1 aliphatic rings. The van der Waals surface area contributed by atoms with E-state index in [1.165, 1.54) is 0 Å². The van der Waals surface area contributed by atoms with Crippen LogP contribution in [0, 0.1) is 17.8 Å². The lowest BCUT2D eigenvalue weighted by atomic mass is 9.77. The molecule has 0 heterocycles. The first-order chi connectivity index (χ1) is 6.11. The van der Waals surface area contributed by atoms with Crippen LogP contribution in [0.5, 0.6) is 0 Å². The molecule has 0 amide bonds. The van der Waals surface area contributed by atoms with Gasteiger partial charge in [0.2, 0.25) is 0 Å². The fourth-order valence-corrected chi connectivity index (χ4v) is 1.92. The second-order valence-corrected chi connectivity index (χ2v) is 4.05. The molecule has 1 heteroatoms. The lowest BCUT2D eigenvalue weighted by molar-refractivity contribution is -0.112. The monoisotopic (exact) mass is 178 g/mol. The van der Waals surface area contributed by atoms with Gasteiger partial charge in [0.15, 0.2) is 5.78 Å². The first-order valence-electron chi connectivity index (χ1n) is 4.96. The Labute approximate surface area is 80.5 Å². The first-order valence-corrected chi connectivity index (χ1v) is 4.96. The Morgan fingerprint density at radius 3 is 2.69 bits per heavy atom. The maximum atomic E-state index is 10.8. The van der Waals surface area contributed by atoms with Gasteiger partial charge in [-0.3, -0.25) is 4.79 Å². The standard InChI is InChI=1S/C12H18O/c1-9-5-4-6-10(2)12(9)8-7-11(3)13/h4-5,7-10,12H,6H2,1-3H3/b8-7+. The molecule has 72 valence electrons. The zero-order chi connectivity index (χ0) is 9.84. The normalized spacial score (nSPS) is 33.9. The fraction of sp³-hybridized carbons (Fsp3) is 0.583. The van der Waals surface area contributed by atoms with Crippen LogP contribution in [0.25, 0.3) is 0 Å². The number of carbonyl (C=O) groups is 1. The van der Waals surface area contributed by atoms with Gasteiger partial charge >= 0.3 is 0 Å². The molecule has 1 aliphatic carbocycles. The van der Waals surface area contributed by atoms with Crippen molar-refractivity contribution in [1.82, 2.24) is 0 Å². The summed E-state index contributed by atoms with van der Waals surface area (Å²) in [7, 11) is 0. The second kappa shape index (κ2) is 4.40.